The highest BCUT2D eigenvalue weighted by atomic mass is 16.5. The number of methoxy groups -OCH3 is 3. The molecule has 0 radical (unpaired) electrons. The monoisotopic (exact) mass is 264 g/mol. The molecule has 1 aromatic carbocycles. The first-order chi connectivity index (χ1) is 9.21. The maximum atomic E-state index is 5.53. The molecule has 0 atom stereocenters. The fraction of sp³-hybridized carbons (Fsp3) is 0.308. The molecule has 2 N–H and O–H groups in total. The summed E-state index contributed by atoms with van der Waals surface area (Å²) in [5.41, 5.74) is 7.77. The number of hydrogen-bond acceptors (Lipinski definition) is 6. The van der Waals surface area contributed by atoms with Crippen LogP contribution in [0.3, 0.4) is 0 Å². The van der Waals surface area contributed by atoms with Gasteiger partial charge in [-0.2, -0.15) is 0 Å². The van der Waals surface area contributed by atoms with Gasteiger partial charge in [0.1, 0.15) is 5.69 Å². The molecule has 0 spiro atoms. The van der Waals surface area contributed by atoms with Crippen LogP contribution in [0.15, 0.2) is 22.7 Å². The summed E-state index contributed by atoms with van der Waals surface area (Å²) in [6.45, 7) is 0.431. The lowest BCUT2D eigenvalue weighted by Gasteiger charge is -2.15. The molecule has 0 bridgehead atoms. The van der Waals surface area contributed by atoms with E-state index in [2.05, 4.69) is 5.16 Å². The molecule has 6 heteroatoms. The minimum atomic E-state index is 0.247. The average molecular weight is 264 g/mol. The van der Waals surface area contributed by atoms with Gasteiger partial charge in [0.15, 0.2) is 11.5 Å². The summed E-state index contributed by atoms with van der Waals surface area (Å²) >= 11 is 0. The van der Waals surface area contributed by atoms with Crippen LogP contribution in [0.5, 0.6) is 11.5 Å². The number of anilines is 1. The van der Waals surface area contributed by atoms with Gasteiger partial charge >= 0.3 is 0 Å². The van der Waals surface area contributed by atoms with Crippen molar-refractivity contribution in [1.29, 1.82) is 0 Å². The van der Waals surface area contributed by atoms with Crippen molar-refractivity contribution in [2.75, 3.05) is 27.1 Å². The first-order valence-corrected chi connectivity index (χ1v) is 5.66. The van der Waals surface area contributed by atoms with E-state index in [1.54, 1.807) is 27.4 Å². The molecule has 0 saturated heterocycles. The number of nitrogen functional groups attached to an aromatic ring is 1. The van der Waals surface area contributed by atoms with Gasteiger partial charge in [0.2, 0.25) is 5.88 Å². The fourth-order valence-corrected chi connectivity index (χ4v) is 1.92. The van der Waals surface area contributed by atoms with E-state index >= 15 is 0 Å². The third-order valence-electron chi connectivity index (χ3n) is 2.71. The van der Waals surface area contributed by atoms with Gasteiger partial charge in [-0.1, -0.05) is 11.2 Å². The molecule has 2 aromatic rings. The van der Waals surface area contributed by atoms with Gasteiger partial charge in [0, 0.05) is 24.3 Å². The van der Waals surface area contributed by atoms with Gasteiger partial charge in [-0.15, -0.1) is 0 Å². The third-order valence-corrected chi connectivity index (χ3v) is 2.71. The summed E-state index contributed by atoms with van der Waals surface area (Å²) in [4.78, 5) is 0. The van der Waals surface area contributed by atoms with Gasteiger partial charge in [-0.3, -0.25) is 0 Å². The smallest absolute Gasteiger partial charge is 0.222 e. The second kappa shape index (κ2) is 5.62. The highest BCUT2D eigenvalue weighted by molar-refractivity contribution is 5.73. The average Bonchev–Trinajstić information content (AvgIpc) is 2.84. The van der Waals surface area contributed by atoms with Crippen LogP contribution in [-0.2, 0) is 11.3 Å². The Morgan fingerprint density at radius 3 is 2.42 bits per heavy atom. The van der Waals surface area contributed by atoms with Crippen molar-refractivity contribution in [2.24, 2.45) is 0 Å². The number of hydrogen-bond donors (Lipinski definition) is 1. The predicted molar refractivity (Wildman–Crippen MR) is 70.2 cm³/mol. The molecule has 0 saturated carbocycles. The van der Waals surface area contributed by atoms with Gasteiger partial charge < -0.3 is 24.5 Å². The molecule has 19 heavy (non-hydrogen) atoms. The van der Waals surface area contributed by atoms with Gasteiger partial charge in [0.05, 0.1) is 20.8 Å². The van der Waals surface area contributed by atoms with Crippen molar-refractivity contribution >= 4 is 5.88 Å². The zero-order valence-electron chi connectivity index (χ0n) is 11.1. The minimum absolute atomic E-state index is 0.247. The summed E-state index contributed by atoms with van der Waals surface area (Å²) in [6.07, 6.45) is 0. The Labute approximate surface area is 111 Å². The SMILES string of the molecule is COCc1ccc(-c2cc(N)on2)c(OC)c1OC. The molecule has 0 fully saturated rings. The van der Waals surface area contributed by atoms with Crippen LogP contribution in [0.1, 0.15) is 5.56 Å². The maximum absolute atomic E-state index is 5.53. The summed E-state index contributed by atoms with van der Waals surface area (Å²) < 4.78 is 20.8. The quantitative estimate of drug-likeness (QED) is 0.890. The topological polar surface area (TPSA) is 79.7 Å². The molecule has 1 heterocycles. The Morgan fingerprint density at radius 2 is 1.89 bits per heavy atom. The third kappa shape index (κ3) is 2.48. The largest absolute Gasteiger partial charge is 0.492 e. The lowest BCUT2D eigenvalue weighted by atomic mass is 10.1. The molecule has 102 valence electrons. The second-order valence-electron chi connectivity index (χ2n) is 3.89. The Kier molecular flexibility index (Phi) is 3.91. The van der Waals surface area contributed by atoms with Crippen LogP contribution >= 0.6 is 0 Å². The van der Waals surface area contributed by atoms with E-state index in [1.165, 1.54) is 0 Å². The zero-order chi connectivity index (χ0) is 13.8. The summed E-state index contributed by atoms with van der Waals surface area (Å²) in [6, 6.07) is 5.39. The molecule has 0 amide bonds. The molecular formula is C13H16N2O4. The molecule has 6 nitrogen and oxygen atoms in total. The summed E-state index contributed by atoms with van der Waals surface area (Å²) in [5.74, 6) is 1.44. The first-order valence-electron chi connectivity index (χ1n) is 5.66. The standard InChI is InChI=1S/C13H16N2O4/c1-16-7-8-4-5-9(10-6-11(14)19-15-10)13(18-3)12(8)17-2/h4-6H,7,14H2,1-3H3. The van der Waals surface area contributed by atoms with Crippen molar-refractivity contribution in [3.8, 4) is 22.8 Å². The summed E-state index contributed by atoms with van der Waals surface area (Å²) in [7, 11) is 4.78. The second-order valence-corrected chi connectivity index (χ2v) is 3.89. The fourth-order valence-electron chi connectivity index (χ4n) is 1.92. The number of ether oxygens (including phenoxy) is 3. The van der Waals surface area contributed by atoms with Gasteiger partial charge in [-0.05, 0) is 6.07 Å². The van der Waals surface area contributed by atoms with Gasteiger partial charge in [-0.25, -0.2) is 0 Å². The number of benzene rings is 1. The molecule has 0 aliphatic carbocycles. The van der Waals surface area contributed by atoms with E-state index in [9.17, 15) is 0 Å². The Bertz CT molecular complexity index is 566. The maximum Gasteiger partial charge on any atom is 0.222 e. The van der Waals surface area contributed by atoms with Crippen LogP contribution in [0.4, 0.5) is 5.88 Å². The van der Waals surface area contributed by atoms with E-state index in [1.807, 2.05) is 12.1 Å². The van der Waals surface area contributed by atoms with E-state index < -0.39 is 0 Å². The Morgan fingerprint density at radius 1 is 1.16 bits per heavy atom. The molecule has 2 rings (SSSR count). The normalized spacial score (nSPS) is 10.5. The highest BCUT2D eigenvalue weighted by Crippen LogP contribution is 2.40. The number of aromatic nitrogens is 1. The molecule has 0 aliphatic heterocycles. The zero-order valence-corrected chi connectivity index (χ0v) is 11.1. The van der Waals surface area contributed by atoms with Crippen molar-refractivity contribution < 1.29 is 18.7 Å². The van der Waals surface area contributed by atoms with Crippen molar-refractivity contribution in [1.82, 2.24) is 5.16 Å². The minimum Gasteiger partial charge on any atom is -0.492 e. The van der Waals surface area contributed by atoms with Crippen LogP contribution in [-0.4, -0.2) is 26.5 Å². The van der Waals surface area contributed by atoms with Crippen LogP contribution in [0.2, 0.25) is 0 Å². The number of rotatable bonds is 5. The van der Waals surface area contributed by atoms with Crippen molar-refractivity contribution in [2.45, 2.75) is 6.61 Å². The highest BCUT2D eigenvalue weighted by Gasteiger charge is 2.18. The van der Waals surface area contributed by atoms with Crippen LogP contribution in [0, 0.1) is 0 Å². The number of nitrogens with two attached hydrogens (primary N) is 1. The lowest BCUT2D eigenvalue weighted by Crippen LogP contribution is -1.99. The molecule has 0 unspecified atom stereocenters. The number of nitrogens with zero attached hydrogens (tertiary/aromatic N) is 1. The van der Waals surface area contributed by atoms with Crippen LogP contribution < -0.4 is 15.2 Å². The van der Waals surface area contributed by atoms with Crippen molar-refractivity contribution in [3.05, 3.63) is 23.8 Å². The summed E-state index contributed by atoms with van der Waals surface area (Å²) in [5, 5.41) is 3.88. The van der Waals surface area contributed by atoms with Crippen molar-refractivity contribution in [3.63, 3.8) is 0 Å². The van der Waals surface area contributed by atoms with E-state index in [-0.39, 0.29) is 5.88 Å². The Balaban J connectivity index is 2.56. The van der Waals surface area contributed by atoms with Crippen LogP contribution in [0.25, 0.3) is 11.3 Å². The first kappa shape index (κ1) is 13.2. The predicted octanol–water partition coefficient (Wildman–Crippen LogP) is 2.09. The molecular weight excluding hydrogens is 248 g/mol. The van der Waals surface area contributed by atoms with Gasteiger partial charge in [0.25, 0.3) is 0 Å². The molecule has 1 aromatic heterocycles. The molecule has 0 aliphatic rings. The lowest BCUT2D eigenvalue weighted by molar-refractivity contribution is 0.181. The van der Waals surface area contributed by atoms with E-state index in [4.69, 9.17) is 24.5 Å². The van der Waals surface area contributed by atoms with E-state index in [0.29, 0.717) is 23.8 Å². The Hall–Kier alpha value is -2.21. The van der Waals surface area contributed by atoms with E-state index in [0.717, 1.165) is 11.1 Å².